The van der Waals surface area contributed by atoms with E-state index in [0.29, 0.717) is 0 Å². The van der Waals surface area contributed by atoms with Crippen molar-refractivity contribution < 1.29 is 0 Å². The Hall–Kier alpha value is -1.14. The van der Waals surface area contributed by atoms with Crippen molar-refractivity contribution in [3.63, 3.8) is 0 Å². The molecule has 114 valence electrons. The van der Waals surface area contributed by atoms with E-state index in [2.05, 4.69) is 53.6 Å². The van der Waals surface area contributed by atoms with Gasteiger partial charge in [0.1, 0.15) is 5.01 Å². The van der Waals surface area contributed by atoms with E-state index in [9.17, 15) is 0 Å². The highest BCUT2D eigenvalue weighted by atomic mass is 32.1. The van der Waals surface area contributed by atoms with E-state index >= 15 is 0 Å². The fraction of sp³-hybridized carbons (Fsp3) is 0.714. The minimum atomic E-state index is 0.149. The first-order valence-electron chi connectivity index (χ1n) is 7.07. The summed E-state index contributed by atoms with van der Waals surface area (Å²) >= 11 is 1.75. The molecule has 1 aromatic heterocycles. The monoisotopic (exact) mass is 297 g/mol. The minimum absolute atomic E-state index is 0.149. The van der Waals surface area contributed by atoms with E-state index in [0.717, 1.165) is 37.0 Å². The summed E-state index contributed by atoms with van der Waals surface area (Å²) in [6.45, 7) is 11.1. The third-order valence-electron chi connectivity index (χ3n) is 2.65. The Morgan fingerprint density at radius 1 is 1.30 bits per heavy atom. The molecule has 20 heavy (non-hydrogen) atoms. The molecule has 6 heteroatoms. The fourth-order valence-electron chi connectivity index (χ4n) is 1.59. The Labute approximate surface area is 126 Å². The average Bonchev–Trinajstić information content (AvgIpc) is 2.84. The summed E-state index contributed by atoms with van der Waals surface area (Å²) in [5, 5.41) is 11.1. The van der Waals surface area contributed by atoms with Gasteiger partial charge in [-0.05, 0) is 27.2 Å². The molecule has 0 aliphatic rings. The van der Waals surface area contributed by atoms with E-state index in [1.807, 2.05) is 6.20 Å². The Morgan fingerprint density at radius 2 is 2.05 bits per heavy atom. The van der Waals surface area contributed by atoms with Crippen molar-refractivity contribution in [2.75, 3.05) is 20.1 Å². The SMILES string of the molecule is CCc1cnc(CNC(=NC)NCCNC(C)(C)C)s1. The van der Waals surface area contributed by atoms with Gasteiger partial charge in [0.05, 0.1) is 6.54 Å². The lowest BCUT2D eigenvalue weighted by molar-refractivity contribution is 0.428. The maximum Gasteiger partial charge on any atom is 0.191 e. The van der Waals surface area contributed by atoms with Crippen LogP contribution in [0.2, 0.25) is 0 Å². The van der Waals surface area contributed by atoms with Crippen LogP contribution in [0.3, 0.4) is 0 Å². The zero-order chi connectivity index (χ0) is 15.0. The predicted octanol–water partition coefficient (Wildman–Crippen LogP) is 1.76. The molecular formula is C14H27N5S. The standard InChI is InChI=1S/C14H27N5S/c1-6-11-9-17-12(20-11)10-18-13(15-5)16-7-8-19-14(2,3)4/h9,19H,6-8,10H2,1-5H3,(H2,15,16,18). The third kappa shape index (κ3) is 6.86. The Balaban J connectivity index is 2.26. The number of nitrogens with one attached hydrogen (secondary N) is 3. The number of aliphatic imine (C=N–C) groups is 1. The van der Waals surface area contributed by atoms with Crippen LogP contribution in [0.1, 0.15) is 37.6 Å². The summed E-state index contributed by atoms with van der Waals surface area (Å²) in [4.78, 5) is 9.91. The molecule has 0 atom stereocenters. The Kier molecular flexibility index (Phi) is 6.95. The van der Waals surface area contributed by atoms with Gasteiger partial charge in [0.2, 0.25) is 0 Å². The Bertz CT molecular complexity index is 419. The molecule has 0 spiro atoms. The predicted molar refractivity (Wildman–Crippen MR) is 87.4 cm³/mol. The molecule has 0 amide bonds. The molecule has 0 fully saturated rings. The molecule has 5 nitrogen and oxygen atoms in total. The number of thiazole rings is 1. The van der Waals surface area contributed by atoms with Crippen LogP contribution >= 0.6 is 11.3 Å². The van der Waals surface area contributed by atoms with Gasteiger partial charge >= 0.3 is 0 Å². The maximum atomic E-state index is 4.38. The second kappa shape index (κ2) is 8.21. The average molecular weight is 297 g/mol. The zero-order valence-electron chi connectivity index (χ0n) is 13.2. The largest absolute Gasteiger partial charge is 0.355 e. The van der Waals surface area contributed by atoms with Gasteiger partial charge in [-0.1, -0.05) is 6.92 Å². The van der Waals surface area contributed by atoms with Gasteiger partial charge in [-0.25, -0.2) is 4.98 Å². The normalized spacial score (nSPS) is 12.6. The van der Waals surface area contributed by atoms with Crippen LogP contribution in [0.15, 0.2) is 11.2 Å². The molecule has 0 aliphatic heterocycles. The molecule has 1 heterocycles. The van der Waals surface area contributed by atoms with Crippen molar-refractivity contribution in [2.24, 2.45) is 4.99 Å². The van der Waals surface area contributed by atoms with Gasteiger partial charge in [-0.3, -0.25) is 4.99 Å². The number of guanidine groups is 1. The highest BCUT2D eigenvalue weighted by Gasteiger charge is 2.07. The van der Waals surface area contributed by atoms with Gasteiger partial charge in [-0.2, -0.15) is 0 Å². The molecule has 0 saturated carbocycles. The minimum Gasteiger partial charge on any atom is -0.355 e. The van der Waals surface area contributed by atoms with Gasteiger partial charge in [0.25, 0.3) is 0 Å². The molecule has 0 saturated heterocycles. The van der Waals surface area contributed by atoms with Crippen LogP contribution < -0.4 is 16.0 Å². The van der Waals surface area contributed by atoms with Crippen molar-refractivity contribution in [3.8, 4) is 0 Å². The van der Waals surface area contributed by atoms with Crippen molar-refractivity contribution in [1.82, 2.24) is 20.9 Å². The van der Waals surface area contributed by atoms with Gasteiger partial charge in [-0.15, -0.1) is 11.3 Å². The lowest BCUT2D eigenvalue weighted by atomic mass is 10.1. The van der Waals surface area contributed by atoms with Gasteiger partial charge in [0.15, 0.2) is 5.96 Å². The molecule has 0 bridgehead atoms. The van der Waals surface area contributed by atoms with E-state index < -0.39 is 0 Å². The first-order valence-corrected chi connectivity index (χ1v) is 7.89. The molecule has 0 unspecified atom stereocenters. The van der Waals surface area contributed by atoms with Gasteiger partial charge in [0, 0.05) is 36.8 Å². The molecule has 1 aromatic rings. The summed E-state index contributed by atoms with van der Waals surface area (Å²) in [5.41, 5.74) is 0.149. The van der Waals surface area contributed by atoms with E-state index in [1.54, 1.807) is 18.4 Å². The van der Waals surface area contributed by atoms with Gasteiger partial charge < -0.3 is 16.0 Å². The number of aromatic nitrogens is 1. The van der Waals surface area contributed by atoms with E-state index in [4.69, 9.17) is 0 Å². The first kappa shape index (κ1) is 16.9. The first-order chi connectivity index (χ1) is 9.44. The molecule has 1 rings (SSSR count). The van der Waals surface area contributed by atoms with E-state index in [1.165, 1.54) is 4.88 Å². The topological polar surface area (TPSA) is 61.3 Å². The van der Waals surface area contributed by atoms with Crippen molar-refractivity contribution in [3.05, 3.63) is 16.1 Å². The van der Waals surface area contributed by atoms with Crippen LogP contribution in [0, 0.1) is 0 Å². The molecule has 3 N–H and O–H groups in total. The van der Waals surface area contributed by atoms with Crippen molar-refractivity contribution in [1.29, 1.82) is 0 Å². The third-order valence-corrected chi connectivity index (χ3v) is 3.79. The number of hydrogen-bond donors (Lipinski definition) is 3. The summed E-state index contributed by atoms with van der Waals surface area (Å²) < 4.78 is 0. The number of rotatable bonds is 6. The van der Waals surface area contributed by atoms with Crippen LogP contribution in [0.5, 0.6) is 0 Å². The molecular weight excluding hydrogens is 270 g/mol. The highest BCUT2D eigenvalue weighted by Crippen LogP contribution is 2.12. The molecule has 0 radical (unpaired) electrons. The van der Waals surface area contributed by atoms with Crippen molar-refractivity contribution >= 4 is 17.3 Å². The summed E-state index contributed by atoms with van der Waals surface area (Å²) in [5.74, 6) is 0.814. The lowest BCUT2D eigenvalue weighted by Gasteiger charge is -2.21. The number of nitrogens with zero attached hydrogens (tertiary/aromatic N) is 2. The number of hydrogen-bond acceptors (Lipinski definition) is 4. The van der Waals surface area contributed by atoms with Crippen molar-refractivity contribution in [2.45, 2.75) is 46.2 Å². The maximum absolute atomic E-state index is 4.38. The summed E-state index contributed by atoms with van der Waals surface area (Å²) in [6, 6.07) is 0. The Morgan fingerprint density at radius 3 is 2.60 bits per heavy atom. The fourth-order valence-corrected chi connectivity index (χ4v) is 2.39. The van der Waals surface area contributed by atoms with E-state index in [-0.39, 0.29) is 5.54 Å². The van der Waals surface area contributed by atoms with Crippen LogP contribution in [-0.4, -0.2) is 36.6 Å². The summed E-state index contributed by atoms with van der Waals surface area (Å²) in [7, 11) is 1.78. The molecule has 0 aliphatic carbocycles. The highest BCUT2D eigenvalue weighted by molar-refractivity contribution is 7.11. The summed E-state index contributed by atoms with van der Waals surface area (Å²) in [6.07, 6.45) is 2.99. The molecule has 0 aromatic carbocycles. The zero-order valence-corrected chi connectivity index (χ0v) is 14.0. The second-order valence-corrected chi connectivity index (χ2v) is 6.80. The second-order valence-electron chi connectivity index (χ2n) is 5.60. The number of aryl methyl sites for hydroxylation is 1. The van der Waals surface area contributed by atoms with Crippen LogP contribution in [0.4, 0.5) is 0 Å². The quantitative estimate of drug-likeness (QED) is 0.425. The lowest BCUT2D eigenvalue weighted by Crippen LogP contribution is -2.44. The smallest absolute Gasteiger partial charge is 0.191 e. The van der Waals surface area contributed by atoms with Crippen LogP contribution in [-0.2, 0) is 13.0 Å². The van der Waals surface area contributed by atoms with Crippen LogP contribution in [0.25, 0.3) is 0 Å².